The van der Waals surface area contributed by atoms with Crippen LogP contribution in [-0.4, -0.2) is 31.0 Å². The first-order valence-electron chi connectivity index (χ1n) is 10.6. The van der Waals surface area contributed by atoms with Crippen LogP contribution in [0.15, 0.2) is 18.7 Å². The van der Waals surface area contributed by atoms with Gasteiger partial charge in [-0.1, -0.05) is 52.4 Å². The van der Waals surface area contributed by atoms with E-state index in [0.717, 1.165) is 52.4 Å². The second kappa shape index (κ2) is 16.6. The molecule has 0 saturated carbocycles. The molecule has 0 aliphatic rings. The number of aromatic nitrogens is 2. The number of unbranched alkanes of at least 4 members (excludes halogenated alkanes) is 6. The Kier molecular flexibility index (Phi) is 14.7. The average Bonchev–Trinajstić information content (AvgIpc) is 3.07. The van der Waals surface area contributed by atoms with E-state index in [2.05, 4.69) is 41.7 Å². The van der Waals surface area contributed by atoms with Crippen LogP contribution in [0.2, 0.25) is 0 Å². The predicted octanol–water partition coefficient (Wildman–Crippen LogP) is 4.75. The zero-order chi connectivity index (χ0) is 18.0. The van der Waals surface area contributed by atoms with Crippen molar-refractivity contribution in [2.45, 2.75) is 91.1 Å². The molecule has 0 spiro atoms. The third kappa shape index (κ3) is 13.1. The van der Waals surface area contributed by atoms with Crippen LogP contribution in [0.3, 0.4) is 0 Å². The fourth-order valence-electron chi connectivity index (χ4n) is 2.87. The lowest BCUT2D eigenvalue weighted by atomic mass is 10.2. The summed E-state index contributed by atoms with van der Waals surface area (Å²) in [6.07, 6.45) is 18.9. The molecule has 1 aromatic heterocycles. The van der Waals surface area contributed by atoms with E-state index in [9.17, 15) is 0 Å². The summed E-state index contributed by atoms with van der Waals surface area (Å²) in [4.78, 5) is 0. The summed E-state index contributed by atoms with van der Waals surface area (Å²) in [5, 5.41) is 0. The van der Waals surface area contributed by atoms with Crippen molar-refractivity contribution in [3.8, 4) is 0 Å². The highest BCUT2D eigenvalue weighted by Crippen LogP contribution is 2.00. The first kappa shape index (κ1) is 22.2. The summed E-state index contributed by atoms with van der Waals surface area (Å²) < 4.78 is 15.9. The van der Waals surface area contributed by atoms with Crippen LogP contribution in [0.5, 0.6) is 0 Å². The second-order valence-electron chi connectivity index (χ2n) is 6.94. The van der Waals surface area contributed by atoms with Gasteiger partial charge in [0.1, 0.15) is 12.4 Å². The Labute approximate surface area is 155 Å². The van der Waals surface area contributed by atoms with Crippen molar-refractivity contribution in [1.82, 2.24) is 4.57 Å². The standard InChI is InChI=1S/C21H41N2O2/c1-3-5-7-9-17-24-19-11-13-22-15-16-23(21-22)14-12-20-25-18-10-8-6-4-2/h15-16,21H,3-14,17-20H2,1-2H3/q+1. The van der Waals surface area contributed by atoms with Gasteiger partial charge in [0, 0.05) is 26.1 Å². The maximum Gasteiger partial charge on any atom is 0.243 e. The molecular formula is C21H41N2O2+. The zero-order valence-corrected chi connectivity index (χ0v) is 16.8. The largest absolute Gasteiger partial charge is 0.381 e. The second-order valence-corrected chi connectivity index (χ2v) is 6.94. The van der Waals surface area contributed by atoms with Gasteiger partial charge in [0.25, 0.3) is 0 Å². The highest BCUT2D eigenvalue weighted by molar-refractivity contribution is 4.66. The molecule has 4 nitrogen and oxygen atoms in total. The van der Waals surface area contributed by atoms with Crippen molar-refractivity contribution >= 4 is 0 Å². The van der Waals surface area contributed by atoms with Crippen LogP contribution in [0.4, 0.5) is 0 Å². The maximum atomic E-state index is 5.70. The van der Waals surface area contributed by atoms with E-state index >= 15 is 0 Å². The Morgan fingerprint density at radius 3 is 1.96 bits per heavy atom. The van der Waals surface area contributed by atoms with E-state index in [-0.39, 0.29) is 0 Å². The first-order chi connectivity index (χ1) is 12.4. The van der Waals surface area contributed by atoms with Crippen molar-refractivity contribution < 1.29 is 14.0 Å². The molecule has 0 bridgehead atoms. The minimum Gasteiger partial charge on any atom is -0.381 e. The maximum absolute atomic E-state index is 5.70. The van der Waals surface area contributed by atoms with Gasteiger partial charge in [0.15, 0.2) is 0 Å². The Hall–Kier alpha value is -0.870. The van der Waals surface area contributed by atoms with Gasteiger partial charge in [-0.25, -0.2) is 9.13 Å². The lowest BCUT2D eigenvalue weighted by Crippen LogP contribution is -2.31. The van der Waals surface area contributed by atoms with Gasteiger partial charge in [0.2, 0.25) is 6.33 Å². The van der Waals surface area contributed by atoms with E-state index in [1.807, 2.05) is 0 Å². The summed E-state index contributed by atoms with van der Waals surface area (Å²) in [5.74, 6) is 0. The molecule has 0 saturated heterocycles. The lowest BCUT2D eigenvalue weighted by molar-refractivity contribution is -0.697. The first-order valence-corrected chi connectivity index (χ1v) is 10.6. The molecule has 0 atom stereocenters. The fourth-order valence-corrected chi connectivity index (χ4v) is 2.87. The smallest absolute Gasteiger partial charge is 0.243 e. The Morgan fingerprint density at radius 2 is 1.32 bits per heavy atom. The third-order valence-electron chi connectivity index (χ3n) is 4.44. The van der Waals surface area contributed by atoms with Crippen LogP contribution in [0.1, 0.15) is 78.1 Å². The van der Waals surface area contributed by atoms with Gasteiger partial charge in [-0.05, 0) is 12.8 Å². The number of nitrogens with zero attached hydrogens (tertiary/aromatic N) is 2. The van der Waals surface area contributed by atoms with E-state index < -0.39 is 0 Å². The van der Waals surface area contributed by atoms with Crippen molar-refractivity contribution in [3.05, 3.63) is 18.7 Å². The van der Waals surface area contributed by atoms with Crippen LogP contribution in [0, 0.1) is 0 Å². The molecule has 1 aromatic rings. The highest BCUT2D eigenvalue weighted by Gasteiger charge is 2.03. The van der Waals surface area contributed by atoms with Crippen LogP contribution in [0.25, 0.3) is 0 Å². The molecular weight excluding hydrogens is 312 g/mol. The number of ether oxygens (including phenoxy) is 2. The van der Waals surface area contributed by atoms with E-state index in [0.29, 0.717) is 0 Å². The topological polar surface area (TPSA) is 27.3 Å². The van der Waals surface area contributed by atoms with Gasteiger partial charge in [-0.2, -0.15) is 0 Å². The number of hydrogen-bond acceptors (Lipinski definition) is 2. The number of imidazole rings is 1. The molecule has 0 aromatic carbocycles. The highest BCUT2D eigenvalue weighted by atomic mass is 16.5. The lowest BCUT2D eigenvalue weighted by Gasteiger charge is -2.03. The Bertz CT molecular complexity index is 359. The van der Waals surface area contributed by atoms with Crippen LogP contribution >= 0.6 is 0 Å². The van der Waals surface area contributed by atoms with Crippen LogP contribution in [-0.2, 0) is 22.6 Å². The van der Waals surface area contributed by atoms with Crippen molar-refractivity contribution in [2.24, 2.45) is 0 Å². The van der Waals surface area contributed by atoms with E-state index in [4.69, 9.17) is 9.47 Å². The summed E-state index contributed by atoms with van der Waals surface area (Å²) in [6.45, 7) is 10.1. The minimum atomic E-state index is 0.871. The van der Waals surface area contributed by atoms with Crippen molar-refractivity contribution in [3.63, 3.8) is 0 Å². The molecule has 4 heteroatoms. The number of aryl methyl sites for hydroxylation is 2. The van der Waals surface area contributed by atoms with Gasteiger partial charge >= 0.3 is 0 Å². The van der Waals surface area contributed by atoms with Crippen LogP contribution < -0.4 is 4.57 Å². The molecule has 146 valence electrons. The molecule has 1 rings (SSSR count). The summed E-state index contributed by atoms with van der Waals surface area (Å²) in [7, 11) is 0. The van der Waals surface area contributed by atoms with Gasteiger partial charge in [-0.15, -0.1) is 0 Å². The average molecular weight is 354 g/mol. The monoisotopic (exact) mass is 353 g/mol. The molecule has 0 amide bonds. The van der Waals surface area contributed by atoms with E-state index in [1.165, 1.54) is 51.4 Å². The number of hydrogen-bond donors (Lipinski definition) is 0. The Balaban J connectivity index is 1.93. The molecule has 0 unspecified atom stereocenters. The minimum absolute atomic E-state index is 0.871. The molecule has 0 fully saturated rings. The summed E-state index contributed by atoms with van der Waals surface area (Å²) in [6, 6.07) is 0. The quantitative estimate of drug-likeness (QED) is 0.281. The third-order valence-corrected chi connectivity index (χ3v) is 4.44. The SMILES string of the molecule is CCCCCCOCCCn1cc[n+](CCCOCCCCCC)c1. The normalized spacial score (nSPS) is 11.3. The zero-order valence-electron chi connectivity index (χ0n) is 16.8. The van der Waals surface area contributed by atoms with E-state index in [1.54, 1.807) is 0 Å². The summed E-state index contributed by atoms with van der Waals surface area (Å²) in [5.41, 5.74) is 0. The van der Waals surface area contributed by atoms with Crippen molar-refractivity contribution in [1.29, 1.82) is 0 Å². The fraction of sp³-hybridized carbons (Fsp3) is 0.857. The molecule has 25 heavy (non-hydrogen) atoms. The molecule has 0 aliphatic carbocycles. The van der Waals surface area contributed by atoms with Gasteiger partial charge in [-0.3, -0.25) is 0 Å². The molecule has 0 radical (unpaired) electrons. The molecule has 1 heterocycles. The summed E-state index contributed by atoms with van der Waals surface area (Å²) >= 11 is 0. The Morgan fingerprint density at radius 1 is 0.720 bits per heavy atom. The number of rotatable bonds is 18. The van der Waals surface area contributed by atoms with Gasteiger partial charge in [0.05, 0.1) is 26.3 Å². The van der Waals surface area contributed by atoms with Crippen molar-refractivity contribution in [2.75, 3.05) is 26.4 Å². The molecule has 0 N–H and O–H groups in total. The molecule has 0 aliphatic heterocycles. The van der Waals surface area contributed by atoms with Gasteiger partial charge < -0.3 is 9.47 Å². The predicted molar refractivity (Wildman–Crippen MR) is 104 cm³/mol.